The van der Waals surface area contributed by atoms with Gasteiger partial charge >= 0.3 is 5.97 Å². The summed E-state index contributed by atoms with van der Waals surface area (Å²) in [6, 6.07) is 0. The van der Waals surface area contributed by atoms with Crippen LogP contribution in [0.3, 0.4) is 0 Å². The number of Topliss-reactive ketones (excluding diaryl/α,β-unsaturated/α-hetero) is 1. The standard InChI is InChI=1S/C23H38N2O4.C5H8O.C2H6.H2/c1-8-14-29-22(28)19(5)21(17(3)9-2)24-20(27)16-25(15-18(4)26)12-10-23(6,7)11-13-25;1-3-4-5-6-2;1-2;/h9H,8,10-16H2,1-7H3;3-5H,1H2,2H3;1-2H3;1H/p+1/b17-9-;5-4-;;. The fourth-order valence-corrected chi connectivity index (χ4v) is 3.82. The van der Waals surface area contributed by atoms with Gasteiger partial charge in [-0.05, 0) is 44.3 Å². The molecule has 0 aromatic rings. The van der Waals surface area contributed by atoms with E-state index in [-0.39, 0.29) is 25.1 Å². The van der Waals surface area contributed by atoms with Crippen LogP contribution in [0.25, 0.3) is 0 Å². The molecule has 1 amide bonds. The fraction of sp³-hybridized carbons (Fsp3) is 0.633. The molecule has 7 heteroatoms. The molecule has 0 bridgehead atoms. The summed E-state index contributed by atoms with van der Waals surface area (Å²) in [5.74, 6) is -0.502. The Morgan fingerprint density at radius 3 is 2.05 bits per heavy atom. The van der Waals surface area contributed by atoms with Crippen molar-refractivity contribution in [1.82, 2.24) is 5.32 Å². The minimum absolute atomic E-state index is 0. The molecule has 0 aromatic heterocycles. The molecule has 1 aliphatic rings. The van der Waals surface area contributed by atoms with E-state index < -0.39 is 5.97 Å². The number of nitrogens with one attached hydrogen (secondary N) is 1. The van der Waals surface area contributed by atoms with Gasteiger partial charge in [-0.1, -0.05) is 53.3 Å². The maximum atomic E-state index is 13.0. The molecule has 0 atom stereocenters. The van der Waals surface area contributed by atoms with Gasteiger partial charge in [-0.2, -0.15) is 0 Å². The Bertz CT molecular complexity index is 818. The summed E-state index contributed by atoms with van der Waals surface area (Å²) in [6.45, 7) is 23.4. The van der Waals surface area contributed by atoms with Crippen LogP contribution in [0.5, 0.6) is 0 Å². The van der Waals surface area contributed by atoms with Gasteiger partial charge in [0.25, 0.3) is 5.91 Å². The summed E-state index contributed by atoms with van der Waals surface area (Å²) in [5, 5.41) is 2.94. The number of ether oxygens (including phenoxy) is 2. The lowest BCUT2D eigenvalue weighted by molar-refractivity contribution is -0.920. The molecule has 0 spiro atoms. The first kappa shape index (κ1) is 36.5. The van der Waals surface area contributed by atoms with Crippen molar-refractivity contribution in [3.8, 4) is 0 Å². The van der Waals surface area contributed by atoms with E-state index in [9.17, 15) is 14.4 Å². The van der Waals surface area contributed by atoms with E-state index in [1.165, 1.54) is 0 Å². The number of methoxy groups -OCH3 is 1. The number of esters is 1. The Hall–Kier alpha value is -2.67. The number of hydrogen-bond donors (Lipinski definition) is 1. The maximum absolute atomic E-state index is 13.0. The van der Waals surface area contributed by atoms with Crippen LogP contribution >= 0.6 is 0 Å². The first-order chi connectivity index (χ1) is 17.4. The third kappa shape index (κ3) is 15.2. The van der Waals surface area contributed by atoms with Gasteiger partial charge in [-0.25, -0.2) is 4.79 Å². The van der Waals surface area contributed by atoms with E-state index in [2.05, 4.69) is 30.5 Å². The molecule has 0 aliphatic carbocycles. The van der Waals surface area contributed by atoms with Crippen LogP contribution < -0.4 is 5.32 Å². The zero-order chi connectivity index (χ0) is 29.1. The Morgan fingerprint density at radius 2 is 1.65 bits per heavy atom. The van der Waals surface area contributed by atoms with Crippen LogP contribution in [0.15, 0.2) is 47.9 Å². The minimum Gasteiger partial charge on any atom is -0.504 e. The van der Waals surface area contributed by atoms with Crippen LogP contribution in [0.2, 0.25) is 0 Å². The lowest BCUT2D eigenvalue weighted by Crippen LogP contribution is -2.60. The van der Waals surface area contributed by atoms with Crippen molar-refractivity contribution < 1.29 is 29.8 Å². The van der Waals surface area contributed by atoms with Crippen molar-refractivity contribution in [2.75, 3.05) is 39.9 Å². The number of carbonyl (C=O) groups excluding carboxylic acids is 3. The highest BCUT2D eigenvalue weighted by Gasteiger charge is 2.40. The van der Waals surface area contributed by atoms with Crippen molar-refractivity contribution in [3.05, 3.63) is 47.9 Å². The summed E-state index contributed by atoms with van der Waals surface area (Å²) in [4.78, 5) is 37.2. The SMILES string of the molecule is C/C=C(C)\C(NC(=O)C[N+]1(CC(C)=O)CCC(C)(C)CC1)=C(/C)C(=O)OCCC.C=C/C=C\OC.CC.[HH]. The number of amides is 1. The van der Waals surface area contributed by atoms with E-state index in [4.69, 9.17) is 4.74 Å². The number of carbonyl (C=O) groups is 3. The van der Waals surface area contributed by atoms with Gasteiger partial charge in [0, 0.05) is 21.2 Å². The highest BCUT2D eigenvalue weighted by molar-refractivity contribution is 5.91. The van der Waals surface area contributed by atoms with Gasteiger partial charge in [0.15, 0.2) is 12.3 Å². The fourth-order valence-electron chi connectivity index (χ4n) is 3.82. The summed E-state index contributed by atoms with van der Waals surface area (Å²) in [5.41, 5.74) is 1.93. The topological polar surface area (TPSA) is 81.7 Å². The number of piperidine rings is 1. The van der Waals surface area contributed by atoms with Gasteiger partial charge in [0.2, 0.25) is 0 Å². The molecule has 37 heavy (non-hydrogen) atoms. The first-order valence-electron chi connectivity index (χ1n) is 13.3. The molecule has 1 heterocycles. The average molecular weight is 524 g/mol. The third-order valence-electron chi connectivity index (χ3n) is 6.12. The molecule has 1 fully saturated rings. The maximum Gasteiger partial charge on any atom is 0.335 e. The van der Waals surface area contributed by atoms with Crippen LogP contribution in [0.1, 0.15) is 83.0 Å². The molecule has 0 aromatic carbocycles. The van der Waals surface area contributed by atoms with Crippen molar-refractivity contribution in [2.24, 2.45) is 5.41 Å². The molecule has 1 saturated heterocycles. The highest BCUT2D eigenvalue weighted by atomic mass is 16.5. The molecule has 7 nitrogen and oxygen atoms in total. The normalized spacial score (nSPS) is 16.6. The summed E-state index contributed by atoms with van der Waals surface area (Å²) >= 11 is 0. The summed E-state index contributed by atoms with van der Waals surface area (Å²) in [6.07, 6.45) is 9.50. The second-order valence-electron chi connectivity index (χ2n) is 9.93. The minimum atomic E-state index is -0.421. The number of quaternary nitrogens is 1. The van der Waals surface area contributed by atoms with Gasteiger partial charge in [0.1, 0.15) is 6.54 Å². The number of rotatable bonds is 11. The molecule has 214 valence electrons. The van der Waals surface area contributed by atoms with Crippen molar-refractivity contribution in [3.63, 3.8) is 0 Å². The van der Waals surface area contributed by atoms with Crippen LogP contribution in [0.4, 0.5) is 0 Å². The number of nitrogens with zero attached hydrogens (tertiary/aromatic N) is 1. The molecule has 0 unspecified atom stereocenters. The van der Waals surface area contributed by atoms with E-state index in [1.54, 1.807) is 39.4 Å². The quantitative estimate of drug-likeness (QED) is 0.116. The smallest absolute Gasteiger partial charge is 0.335 e. The van der Waals surface area contributed by atoms with Crippen LogP contribution in [-0.4, -0.2) is 62.0 Å². The van der Waals surface area contributed by atoms with E-state index in [1.807, 2.05) is 40.7 Å². The number of allylic oxidation sites excluding steroid dienone is 4. The second kappa shape index (κ2) is 19.4. The van der Waals surface area contributed by atoms with E-state index in [0.717, 1.165) is 37.9 Å². The van der Waals surface area contributed by atoms with E-state index >= 15 is 0 Å². The molecule has 1 N–H and O–H groups in total. The molecule has 0 saturated carbocycles. The molecule has 1 aliphatic heterocycles. The highest BCUT2D eigenvalue weighted by Crippen LogP contribution is 2.33. The van der Waals surface area contributed by atoms with Gasteiger partial charge in [0.05, 0.1) is 44.3 Å². The molecule has 1 rings (SSSR count). The summed E-state index contributed by atoms with van der Waals surface area (Å²) in [7, 11) is 1.60. The van der Waals surface area contributed by atoms with Gasteiger partial charge in [-0.15, -0.1) is 0 Å². The number of likely N-dealkylation sites (tertiary alicyclic amines) is 1. The van der Waals surface area contributed by atoms with Crippen molar-refractivity contribution in [2.45, 2.75) is 81.6 Å². The van der Waals surface area contributed by atoms with E-state index in [0.29, 0.717) is 28.9 Å². The zero-order valence-electron chi connectivity index (χ0n) is 25.2. The Kier molecular flexibility index (Phi) is 19.2. The lowest BCUT2D eigenvalue weighted by atomic mass is 9.81. The largest absolute Gasteiger partial charge is 0.504 e. The summed E-state index contributed by atoms with van der Waals surface area (Å²) < 4.78 is 10.2. The average Bonchev–Trinajstić information content (AvgIpc) is 2.86. The number of ketones is 1. The Morgan fingerprint density at radius 1 is 1.08 bits per heavy atom. The third-order valence-corrected chi connectivity index (χ3v) is 6.12. The van der Waals surface area contributed by atoms with Crippen molar-refractivity contribution >= 4 is 17.7 Å². The van der Waals surface area contributed by atoms with Gasteiger partial charge in [-0.3, -0.25) is 9.59 Å². The van der Waals surface area contributed by atoms with Crippen LogP contribution in [0, 0.1) is 5.41 Å². The Labute approximate surface area is 227 Å². The number of hydrogen-bond acceptors (Lipinski definition) is 5. The first-order valence-corrected chi connectivity index (χ1v) is 13.3. The molecule has 0 radical (unpaired) electrons. The molecular weight excluding hydrogens is 468 g/mol. The van der Waals surface area contributed by atoms with Gasteiger partial charge < -0.3 is 19.3 Å². The second-order valence-corrected chi connectivity index (χ2v) is 9.93. The predicted molar refractivity (Wildman–Crippen MR) is 155 cm³/mol. The van der Waals surface area contributed by atoms with Crippen molar-refractivity contribution in [1.29, 1.82) is 0 Å². The van der Waals surface area contributed by atoms with Crippen LogP contribution in [-0.2, 0) is 23.9 Å². The lowest BCUT2D eigenvalue weighted by Gasteiger charge is -2.45. The predicted octanol–water partition coefficient (Wildman–Crippen LogP) is 6.13. The molecular formula is C30H55N2O5+. The zero-order valence-corrected chi connectivity index (χ0v) is 25.2. The Balaban J connectivity index is -0.00000119. The monoisotopic (exact) mass is 523 g/mol.